The summed E-state index contributed by atoms with van der Waals surface area (Å²) >= 11 is 0.753. The van der Waals surface area contributed by atoms with Crippen molar-refractivity contribution in [3.8, 4) is 5.75 Å². The molecule has 0 saturated heterocycles. The number of aromatic nitrogens is 1. The highest BCUT2D eigenvalue weighted by atomic mass is 32.2. The number of carbonyl (C=O) groups is 3. The molecule has 0 fully saturated rings. The van der Waals surface area contributed by atoms with E-state index in [0.717, 1.165) is 22.9 Å². The van der Waals surface area contributed by atoms with Crippen molar-refractivity contribution in [3.63, 3.8) is 0 Å². The summed E-state index contributed by atoms with van der Waals surface area (Å²) in [5, 5.41) is 0.783. The maximum absolute atomic E-state index is 11.9. The molecule has 0 radical (unpaired) electrons. The highest BCUT2D eigenvalue weighted by Gasteiger charge is 2.23. The molecule has 3 amide bonds. The predicted octanol–water partition coefficient (Wildman–Crippen LogP) is 2.04. The van der Waals surface area contributed by atoms with Gasteiger partial charge < -0.3 is 20.2 Å². The third kappa shape index (κ3) is 3.75. The highest BCUT2D eigenvalue weighted by Crippen LogP contribution is 2.24. The van der Waals surface area contributed by atoms with E-state index in [4.69, 9.17) is 10.5 Å². The van der Waals surface area contributed by atoms with E-state index < -0.39 is 18.1 Å². The normalized spacial score (nSPS) is 10.3. The smallest absolute Gasteiger partial charge is 0.436 e. The Balaban J connectivity index is 2.11. The van der Waals surface area contributed by atoms with Crippen molar-refractivity contribution in [1.29, 1.82) is 0 Å². The molecule has 122 valence electrons. The summed E-state index contributed by atoms with van der Waals surface area (Å²) < 4.78 is 10.3. The van der Waals surface area contributed by atoms with Crippen molar-refractivity contribution in [3.05, 3.63) is 30.0 Å². The molecular formula is C14H15N3O5S. The van der Waals surface area contributed by atoms with Crippen LogP contribution >= 0.6 is 11.9 Å². The van der Waals surface area contributed by atoms with Crippen molar-refractivity contribution < 1.29 is 23.9 Å². The molecule has 8 nitrogen and oxygen atoms in total. The van der Waals surface area contributed by atoms with E-state index in [0.29, 0.717) is 15.6 Å². The van der Waals surface area contributed by atoms with E-state index in [-0.39, 0.29) is 6.42 Å². The summed E-state index contributed by atoms with van der Waals surface area (Å²) in [6.45, 7) is 0. The van der Waals surface area contributed by atoms with Gasteiger partial charge in [0.25, 0.3) is 0 Å². The molecule has 9 heteroatoms. The first-order valence-electron chi connectivity index (χ1n) is 6.48. The molecule has 0 unspecified atom stereocenters. The van der Waals surface area contributed by atoms with Gasteiger partial charge in [-0.25, -0.2) is 9.59 Å². The standard InChI is InChI=1S/C14H15N3O5S/c1-21-9-3-4-11-10(6-9)8(7-16-11)5-12(18)22-14(20)17(23-2)13(15)19/h3-4,6-7,16H,5H2,1-2H3,(H2,15,19). The van der Waals surface area contributed by atoms with Crippen LogP contribution in [0.4, 0.5) is 9.59 Å². The van der Waals surface area contributed by atoms with E-state index in [2.05, 4.69) is 9.72 Å². The molecule has 0 aliphatic heterocycles. The minimum absolute atomic E-state index is 0.139. The van der Waals surface area contributed by atoms with Crippen molar-refractivity contribution in [2.75, 3.05) is 13.4 Å². The first-order chi connectivity index (χ1) is 11.0. The zero-order valence-corrected chi connectivity index (χ0v) is 13.3. The maximum atomic E-state index is 11.9. The molecule has 0 saturated carbocycles. The zero-order chi connectivity index (χ0) is 17.0. The number of fused-ring (bicyclic) bond motifs is 1. The lowest BCUT2D eigenvalue weighted by molar-refractivity contribution is -0.136. The van der Waals surface area contributed by atoms with Crippen LogP contribution in [0.2, 0.25) is 0 Å². The largest absolute Gasteiger partial charge is 0.497 e. The van der Waals surface area contributed by atoms with E-state index >= 15 is 0 Å². The van der Waals surface area contributed by atoms with Crippen LogP contribution in [-0.4, -0.2) is 40.7 Å². The molecule has 3 N–H and O–H groups in total. The number of benzene rings is 1. The minimum Gasteiger partial charge on any atom is -0.497 e. The van der Waals surface area contributed by atoms with Crippen LogP contribution in [0.25, 0.3) is 10.9 Å². The van der Waals surface area contributed by atoms with Crippen molar-refractivity contribution in [2.24, 2.45) is 5.73 Å². The molecule has 0 aliphatic rings. The Labute approximate surface area is 136 Å². The fourth-order valence-corrected chi connectivity index (χ4v) is 2.38. The van der Waals surface area contributed by atoms with Crippen LogP contribution < -0.4 is 10.5 Å². The van der Waals surface area contributed by atoms with Gasteiger partial charge in [-0.15, -0.1) is 0 Å². The summed E-state index contributed by atoms with van der Waals surface area (Å²) in [4.78, 5) is 37.6. The van der Waals surface area contributed by atoms with Crippen LogP contribution in [0.1, 0.15) is 5.56 Å². The average Bonchev–Trinajstić information content (AvgIpc) is 2.89. The molecule has 0 aliphatic carbocycles. The first kappa shape index (κ1) is 16.7. The van der Waals surface area contributed by atoms with Crippen LogP contribution in [0.5, 0.6) is 5.75 Å². The Morgan fingerprint density at radius 3 is 2.70 bits per heavy atom. The predicted molar refractivity (Wildman–Crippen MR) is 85.0 cm³/mol. The second kappa shape index (κ2) is 7.05. The molecular weight excluding hydrogens is 322 g/mol. The Hall–Kier alpha value is -2.68. The van der Waals surface area contributed by atoms with Crippen molar-refractivity contribution in [2.45, 2.75) is 6.42 Å². The van der Waals surface area contributed by atoms with E-state index in [1.807, 2.05) is 6.07 Å². The lowest BCUT2D eigenvalue weighted by atomic mass is 10.1. The molecule has 2 rings (SSSR count). The fraction of sp³-hybridized carbons (Fsp3) is 0.214. The SMILES string of the molecule is COc1ccc2[nH]cc(CC(=O)OC(=O)N(SC)C(N)=O)c2c1. The van der Waals surface area contributed by atoms with Crippen LogP contribution in [-0.2, 0) is 16.0 Å². The van der Waals surface area contributed by atoms with E-state index in [1.165, 1.54) is 6.26 Å². The number of amides is 3. The number of hydrogen-bond acceptors (Lipinski definition) is 6. The number of aromatic amines is 1. The number of nitrogens with one attached hydrogen (secondary N) is 1. The van der Waals surface area contributed by atoms with Gasteiger partial charge in [0, 0.05) is 23.4 Å². The van der Waals surface area contributed by atoms with Crippen molar-refractivity contribution >= 4 is 40.9 Å². The number of nitrogens with two attached hydrogens (primary N) is 1. The summed E-state index contributed by atoms with van der Waals surface area (Å²) in [5.41, 5.74) is 6.47. The molecule has 23 heavy (non-hydrogen) atoms. The Kier molecular flexibility index (Phi) is 5.12. The van der Waals surface area contributed by atoms with E-state index in [9.17, 15) is 14.4 Å². The van der Waals surface area contributed by atoms with Gasteiger partial charge in [-0.1, -0.05) is 0 Å². The Morgan fingerprint density at radius 1 is 1.35 bits per heavy atom. The molecule has 1 heterocycles. The summed E-state index contributed by atoms with van der Waals surface area (Å²) in [6.07, 6.45) is 1.85. The first-order valence-corrected chi connectivity index (χ1v) is 7.66. The quantitative estimate of drug-likeness (QED) is 0.501. The number of rotatable bonds is 4. The molecule has 1 aromatic heterocycles. The molecule has 0 spiro atoms. The monoisotopic (exact) mass is 337 g/mol. The highest BCUT2D eigenvalue weighted by molar-refractivity contribution is 7.97. The van der Waals surface area contributed by atoms with Gasteiger partial charge in [0.1, 0.15) is 5.75 Å². The Bertz CT molecular complexity index is 758. The lowest BCUT2D eigenvalue weighted by Crippen LogP contribution is -2.36. The van der Waals surface area contributed by atoms with Crippen LogP contribution in [0.3, 0.4) is 0 Å². The van der Waals surface area contributed by atoms with Gasteiger partial charge in [-0.2, -0.15) is 4.31 Å². The molecule has 0 bridgehead atoms. The summed E-state index contributed by atoms with van der Waals surface area (Å²) in [6, 6.07) is 4.37. The van der Waals surface area contributed by atoms with Gasteiger partial charge in [-0.05, 0) is 35.7 Å². The third-order valence-corrected chi connectivity index (χ3v) is 3.75. The van der Waals surface area contributed by atoms with Gasteiger partial charge in [0.05, 0.1) is 13.5 Å². The van der Waals surface area contributed by atoms with Gasteiger partial charge in [-0.3, -0.25) is 4.79 Å². The second-order valence-corrected chi connectivity index (χ2v) is 5.19. The number of imide groups is 1. The van der Waals surface area contributed by atoms with E-state index in [1.54, 1.807) is 25.4 Å². The Morgan fingerprint density at radius 2 is 2.09 bits per heavy atom. The number of methoxy groups -OCH3 is 1. The zero-order valence-electron chi connectivity index (χ0n) is 12.5. The number of H-pyrrole nitrogens is 1. The third-order valence-electron chi connectivity index (χ3n) is 3.06. The number of esters is 1. The topological polar surface area (TPSA) is 115 Å². The molecule has 2 aromatic rings. The molecule has 0 atom stereocenters. The minimum atomic E-state index is -1.12. The number of primary amides is 1. The molecule has 1 aromatic carbocycles. The van der Waals surface area contributed by atoms with Crippen LogP contribution in [0.15, 0.2) is 24.4 Å². The number of carbonyl (C=O) groups excluding carboxylic acids is 3. The number of ether oxygens (including phenoxy) is 2. The average molecular weight is 337 g/mol. The van der Waals surface area contributed by atoms with Gasteiger partial charge in [0.15, 0.2) is 0 Å². The summed E-state index contributed by atoms with van der Waals surface area (Å²) in [5.74, 6) is -0.149. The number of hydrogen-bond donors (Lipinski definition) is 2. The number of urea groups is 1. The van der Waals surface area contributed by atoms with Gasteiger partial charge >= 0.3 is 18.1 Å². The lowest BCUT2D eigenvalue weighted by Gasteiger charge is -2.13. The second-order valence-electron chi connectivity index (χ2n) is 4.46. The maximum Gasteiger partial charge on any atom is 0.436 e. The number of nitrogens with zero attached hydrogens (tertiary/aromatic N) is 1. The van der Waals surface area contributed by atoms with Crippen molar-refractivity contribution in [1.82, 2.24) is 9.29 Å². The van der Waals surface area contributed by atoms with Gasteiger partial charge in [0.2, 0.25) is 0 Å². The fourth-order valence-electron chi connectivity index (χ4n) is 2.02. The van der Waals surface area contributed by atoms with Crippen LogP contribution in [0, 0.1) is 0 Å². The summed E-state index contributed by atoms with van der Waals surface area (Å²) in [7, 11) is 1.54.